The molecular weight excluding hydrogens is 863 g/mol. The van der Waals surface area contributed by atoms with Gasteiger partial charge in [0.05, 0.1) is 25.4 Å². The summed E-state index contributed by atoms with van der Waals surface area (Å²) in [7, 11) is 0. The summed E-state index contributed by atoms with van der Waals surface area (Å²) in [5, 5.41) is 23.0. The zero-order chi connectivity index (χ0) is 50.7. The lowest BCUT2D eigenvalue weighted by Crippen LogP contribution is -2.45. The van der Waals surface area contributed by atoms with E-state index in [0.29, 0.717) is 19.4 Å². The first-order valence-electron chi connectivity index (χ1n) is 30.6. The highest BCUT2D eigenvalue weighted by atomic mass is 16.5. The highest BCUT2D eigenvalue weighted by molar-refractivity contribution is 5.76. The van der Waals surface area contributed by atoms with Crippen molar-refractivity contribution < 1.29 is 24.5 Å². The van der Waals surface area contributed by atoms with Gasteiger partial charge in [-0.25, -0.2) is 0 Å². The van der Waals surface area contributed by atoms with Gasteiger partial charge in [-0.2, -0.15) is 0 Å². The van der Waals surface area contributed by atoms with Crippen LogP contribution in [0.2, 0.25) is 0 Å². The van der Waals surface area contributed by atoms with Crippen molar-refractivity contribution in [3.05, 3.63) is 60.8 Å². The van der Waals surface area contributed by atoms with Crippen molar-refractivity contribution >= 4 is 11.9 Å². The number of ether oxygens (including phenoxy) is 1. The van der Waals surface area contributed by atoms with Crippen LogP contribution in [0.5, 0.6) is 0 Å². The quantitative estimate of drug-likeness (QED) is 0.0321. The average Bonchev–Trinajstić information content (AvgIpc) is 3.36. The minimum absolute atomic E-state index is 0.00451. The normalized spacial score (nSPS) is 13.0. The Morgan fingerprint density at radius 1 is 0.400 bits per heavy atom. The molecule has 408 valence electrons. The van der Waals surface area contributed by atoms with Gasteiger partial charge in [-0.3, -0.25) is 9.59 Å². The Labute approximate surface area is 435 Å². The van der Waals surface area contributed by atoms with Gasteiger partial charge in [-0.05, 0) is 89.9 Å². The zero-order valence-electron chi connectivity index (χ0n) is 46.5. The van der Waals surface area contributed by atoms with E-state index in [9.17, 15) is 19.8 Å². The fourth-order valence-corrected chi connectivity index (χ4v) is 9.05. The topological polar surface area (TPSA) is 95.9 Å². The smallest absolute Gasteiger partial charge is 0.305 e. The summed E-state index contributed by atoms with van der Waals surface area (Å²) in [6, 6.07) is -0.628. The number of amides is 1. The molecule has 2 atom stereocenters. The molecular formula is C64H117NO5. The lowest BCUT2D eigenvalue weighted by atomic mass is 10.0. The number of aliphatic hydroxyl groups excluding tert-OH is 2. The number of unbranched alkanes of at least 4 members (excludes halogenated alkanes) is 37. The summed E-state index contributed by atoms with van der Waals surface area (Å²) >= 11 is 0. The molecule has 0 spiro atoms. The van der Waals surface area contributed by atoms with Crippen LogP contribution in [0.1, 0.15) is 309 Å². The second kappa shape index (κ2) is 59.1. The van der Waals surface area contributed by atoms with Crippen molar-refractivity contribution in [2.24, 2.45) is 0 Å². The fourth-order valence-electron chi connectivity index (χ4n) is 9.05. The molecule has 0 aromatic heterocycles. The molecule has 2 unspecified atom stereocenters. The molecule has 0 saturated heterocycles. The predicted molar refractivity (Wildman–Crippen MR) is 305 cm³/mol. The molecule has 0 aliphatic heterocycles. The van der Waals surface area contributed by atoms with Gasteiger partial charge in [-0.15, -0.1) is 0 Å². The molecule has 0 heterocycles. The third kappa shape index (κ3) is 54.9. The van der Waals surface area contributed by atoms with Crippen molar-refractivity contribution in [2.45, 2.75) is 321 Å². The van der Waals surface area contributed by atoms with Crippen LogP contribution in [0, 0.1) is 0 Å². The van der Waals surface area contributed by atoms with Crippen LogP contribution < -0.4 is 5.32 Å². The Bertz CT molecular complexity index is 1220. The van der Waals surface area contributed by atoms with E-state index in [4.69, 9.17) is 4.74 Å². The zero-order valence-corrected chi connectivity index (χ0v) is 46.5. The van der Waals surface area contributed by atoms with Gasteiger partial charge in [0, 0.05) is 12.8 Å². The molecule has 6 heteroatoms. The summed E-state index contributed by atoms with van der Waals surface area (Å²) in [4.78, 5) is 24.4. The van der Waals surface area contributed by atoms with Crippen molar-refractivity contribution in [3.63, 3.8) is 0 Å². The Hall–Kier alpha value is -2.44. The number of hydrogen-bond donors (Lipinski definition) is 3. The van der Waals surface area contributed by atoms with Gasteiger partial charge in [0.2, 0.25) is 5.91 Å². The molecule has 6 nitrogen and oxygen atoms in total. The summed E-state index contributed by atoms with van der Waals surface area (Å²) in [6.45, 7) is 4.82. The predicted octanol–water partition coefficient (Wildman–Crippen LogP) is 19.1. The lowest BCUT2D eigenvalue weighted by Gasteiger charge is -2.20. The Morgan fingerprint density at radius 3 is 1.14 bits per heavy atom. The number of carbonyl (C=O) groups is 2. The van der Waals surface area contributed by atoms with Crippen molar-refractivity contribution in [1.82, 2.24) is 5.32 Å². The highest BCUT2D eigenvalue weighted by Crippen LogP contribution is 2.16. The molecule has 0 aromatic carbocycles. The number of nitrogens with one attached hydrogen (secondary N) is 1. The second-order valence-corrected chi connectivity index (χ2v) is 20.7. The largest absolute Gasteiger partial charge is 0.466 e. The van der Waals surface area contributed by atoms with Crippen molar-refractivity contribution in [3.8, 4) is 0 Å². The average molecular weight is 981 g/mol. The minimum Gasteiger partial charge on any atom is -0.466 e. The highest BCUT2D eigenvalue weighted by Gasteiger charge is 2.18. The van der Waals surface area contributed by atoms with E-state index in [2.05, 4.69) is 67.8 Å². The lowest BCUT2D eigenvalue weighted by molar-refractivity contribution is -0.143. The molecule has 0 aromatic rings. The maximum Gasteiger partial charge on any atom is 0.305 e. The first kappa shape index (κ1) is 67.6. The molecule has 70 heavy (non-hydrogen) atoms. The van der Waals surface area contributed by atoms with Crippen molar-refractivity contribution in [1.29, 1.82) is 0 Å². The maximum absolute atomic E-state index is 12.4. The van der Waals surface area contributed by atoms with Crippen LogP contribution in [-0.4, -0.2) is 47.4 Å². The number of allylic oxidation sites excluding steroid dienone is 9. The third-order valence-electron chi connectivity index (χ3n) is 13.7. The molecule has 0 rings (SSSR count). The van der Waals surface area contributed by atoms with Crippen LogP contribution in [0.15, 0.2) is 60.8 Å². The fraction of sp³-hybridized carbons (Fsp3) is 0.812. The van der Waals surface area contributed by atoms with Crippen molar-refractivity contribution in [2.75, 3.05) is 13.2 Å². The summed E-state index contributed by atoms with van der Waals surface area (Å²) < 4.78 is 5.46. The number of hydrogen-bond acceptors (Lipinski definition) is 5. The SMILES string of the molecule is CCC/C=C\C/C=C\CCCCCCCC(=O)OCCCCCCCCCCC/C=C\C/C=C\CCCCCCCCCCCCCCCC(=O)NC(CO)C(O)/C=C/CCCCCCCCCCC. The first-order chi connectivity index (χ1) is 34.5. The Balaban J connectivity index is 3.42. The van der Waals surface area contributed by atoms with Crippen LogP contribution in [0.25, 0.3) is 0 Å². The number of aliphatic hydroxyl groups is 2. The number of carbonyl (C=O) groups excluding carboxylic acids is 2. The number of esters is 1. The van der Waals surface area contributed by atoms with Gasteiger partial charge >= 0.3 is 5.97 Å². The first-order valence-corrected chi connectivity index (χ1v) is 30.6. The van der Waals surface area contributed by atoms with Gasteiger partial charge in [0.25, 0.3) is 0 Å². The van der Waals surface area contributed by atoms with Crippen LogP contribution >= 0.6 is 0 Å². The van der Waals surface area contributed by atoms with E-state index in [0.717, 1.165) is 57.8 Å². The minimum atomic E-state index is -0.844. The van der Waals surface area contributed by atoms with E-state index in [1.165, 1.54) is 225 Å². The standard InChI is InChI=1S/C64H117NO5/c1-3-5-7-9-11-13-15-33-38-42-46-50-54-58-64(69)70-59-55-51-47-43-39-35-32-30-28-26-24-22-20-18-16-17-19-21-23-25-27-29-31-34-37-41-45-49-53-57-63(68)65-61(60-66)62(67)56-52-48-44-40-36-14-12-10-8-6-4-2/h7,9,13,15-16,18,22,24,52,56,61-62,66-67H,3-6,8,10-12,14,17,19-21,23,25-51,53-55,57-60H2,1-2H3,(H,65,68)/b9-7-,15-13-,18-16-,24-22-,56-52+. The Kier molecular flexibility index (Phi) is 57.1. The molecule has 3 N–H and O–H groups in total. The van der Waals surface area contributed by atoms with Gasteiger partial charge in [-0.1, -0.05) is 267 Å². The summed E-state index contributed by atoms with van der Waals surface area (Å²) in [5.74, 6) is -0.0753. The molecule has 0 aliphatic rings. The second-order valence-electron chi connectivity index (χ2n) is 20.7. The third-order valence-corrected chi connectivity index (χ3v) is 13.7. The summed E-state index contributed by atoms with van der Waals surface area (Å²) in [5.41, 5.74) is 0. The van der Waals surface area contributed by atoms with Crippen LogP contribution in [0.3, 0.4) is 0 Å². The van der Waals surface area contributed by atoms with E-state index < -0.39 is 12.1 Å². The summed E-state index contributed by atoms with van der Waals surface area (Å²) in [6.07, 6.45) is 77.0. The molecule has 0 aliphatic carbocycles. The number of rotatable bonds is 56. The molecule has 0 saturated carbocycles. The van der Waals surface area contributed by atoms with E-state index in [1.807, 2.05) is 6.08 Å². The van der Waals surface area contributed by atoms with E-state index in [-0.39, 0.29) is 18.5 Å². The van der Waals surface area contributed by atoms with Crippen LogP contribution in [-0.2, 0) is 14.3 Å². The van der Waals surface area contributed by atoms with Gasteiger partial charge < -0.3 is 20.3 Å². The Morgan fingerprint density at radius 2 is 0.743 bits per heavy atom. The molecule has 0 radical (unpaired) electrons. The van der Waals surface area contributed by atoms with Gasteiger partial charge in [0.1, 0.15) is 0 Å². The molecule has 1 amide bonds. The molecule has 0 fully saturated rings. The van der Waals surface area contributed by atoms with E-state index in [1.54, 1.807) is 6.08 Å². The van der Waals surface area contributed by atoms with Crippen LogP contribution in [0.4, 0.5) is 0 Å². The monoisotopic (exact) mass is 980 g/mol. The molecule has 0 bridgehead atoms. The van der Waals surface area contributed by atoms with Gasteiger partial charge in [0.15, 0.2) is 0 Å². The maximum atomic E-state index is 12.4. The van der Waals surface area contributed by atoms with E-state index >= 15 is 0 Å².